The van der Waals surface area contributed by atoms with Gasteiger partial charge in [0.1, 0.15) is 5.82 Å². The zero-order valence-electron chi connectivity index (χ0n) is 17.6. The SMILES string of the molecule is C[C@H](NC(=O)c1ccccc1NC(=O)CN(C)Cc1ccc(F)cc1)c1ccccc1. The summed E-state index contributed by atoms with van der Waals surface area (Å²) in [7, 11) is 1.81. The number of nitrogens with one attached hydrogen (secondary N) is 2. The molecule has 3 aromatic rings. The van der Waals surface area contributed by atoms with Gasteiger partial charge < -0.3 is 10.6 Å². The predicted molar refractivity (Wildman–Crippen MR) is 120 cm³/mol. The molecule has 0 saturated heterocycles. The first-order valence-electron chi connectivity index (χ1n) is 10.1. The Morgan fingerprint density at radius 2 is 1.58 bits per heavy atom. The van der Waals surface area contributed by atoms with Gasteiger partial charge in [0.15, 0.2) is 0 Å². The van der Waals surface area contributed by atoms with Gasteiger partial charge in [0.05, 0.1) is 23.8 Å². The number of halogens is 1. The van der Waals surface area contributed by atoms with E-state index in [4.69, 9.17) is 0 Å². The van der Waals surface area contributed by atoms with Gasteiger partial charge in [-0.1, -0.05) is 54.6 Å². The van der Waals surface area contributed by atoms with Crippen molar-refractivity contribution in [2.24, 2.45) is 0 Å². The van der Waals surface area contributed by atoms with E-state index in [-0.39, 0.29) is 30.2 Å². The van der Waals surface area contributed by atoms with Crippen molar-refractivity contribution < 1.29 is 14.0 Å². The fourth-order valence-electron chi connectivity index (χ4n) is 3.28. The molecule has 0 aliphatic heterocycles. The van der Waals surface area contributed by atoms with Crippen molar-refractivity contribution in [2.45, 2.75) is 19.5 Å². The van der Waals surface area contributed by atoms with Crippen molar-refractivity contribution in [1.29, 1.82) is 0 Å². The summed E-state index contributed by atoms with van der Waals surface area (Å²) >= 11 is 0. The Kier molecular flexibility index (Phi) is 7.51. The highest BCUT2D eigenvalue weighted by molar-refractivity contribution is 6.04. The number of nitrogens with zero attached hydrogens (tertiary/aromatic N) is 1. The van der Waals surface area contributed by atoms with Gasteiger partial charge in [-0.2, -0.15) is 0 Å². The van der Waals surface area contributed by atoms with Crippen LogP contribution in [0.5, 0.6) is 0 Å². The molecule has 160 valence electrons. The number of para-hydroxylation sites is 1. The molecule has 6 heteroatoms. The van der Waals surface area contributed by atoms with E-state index in [2.05, 4.69) is 10.6 Å². The first-order valence-corrected chi connectivity index (χ1v) is 10.1. The van der Waals surface area contributed by atoms with Gasteiger partial charge >= 0.3 is 0 Å². The number of carbonyl (C=O) groups is 2. The van der Waals surface area contributed by atoms with Crippen LogP contribution in [0.1, 0.15) is 34.5 Å². The smallest absolute Gasteiger partial charge is 0.253 e. The maximum atomic E-state index is 13.0. The standard InChI is InChI=1S/C25H26FN3O2/c1-18(20-8-4-3-5-9-20)27-25(31)22-10-6-7-11-23(22)28-24(30)17-29(2)16-19-12-14-21(26)15-13-19/h3-15,18H,16-17H2,1-2H3,(H,27,31)(H,28,30)/t18-/m0/s1. The van der Waals surface area contributed by atoms with Crippen LogP contribution in [0.2, 0.25) is 0 Å². The molecule has 0 spiro atoms. The second-order valence-corrected chi connectivity index (χ2v) is 7.50. The van der Waals surface area contributed by atoms with Crippen molar-refractivity contribution in [3.8, 4) is 0 Å². The Morgan fingerprint density at radius 1 is 0.935 bits per heavy atom. The van der Waals surface area contributed by atoms with Crippen LogP contribution in [-0.2, 0) is 11.3 Å². The number of carbonyl (C=O) groups excluding carboxylic acids is 2. The van der Waals surface area contributed by atoms with Crippen LogP contribution in [0.25, 0.3) is 0 Å². The molecule has 0 unspecified atom stereocenters. The molecule has 3 rings (SSSR count). The predicted octanol–water partition coefficient (Wildman–Crippen LogP) is 4.39. The average molecular weight is 420 g/mol. The monoisotopic (exact) mass is 419 g/mol. The van der Waals surface area contributed by atoms with Crippen molar-refractivity contribution in [2.75, 3.05) is 18.9 Å². The van der Waals surface area contributed by atoms with Crippen LogP contribution < -0.4 is 10.6 Å². The molecule has 2 amide bonds. The largest absolute Gasteiger partial charge is 0.345 e. The first kappa shape index (κ1) is 22.2. The van der Waals surface area contributed by atoms with Gasteiger partial charge in [-0.05, 0) is 49.4 Å². The third-order valence-electron chi connectivity index (χ3n) is 4.87. The molecule has 0 radical (unpaired) electrons. The lowest BCUT2D eigenvalue weighted by molar-refractivity contribution is -0.117. The van der Waals surface area contributed by atoms with Crippen molar-refractivity contribution >= 4 is 17.5 Å². The summed E-state index contributed by atoms with van der Waals surface area (Å²) in [5.41, 5.74) is 2.77. The number of anilines is 1. The molecular weight excluding hydrogens is 393 g/mol. The van der Waals surface area contributed by atoms with Crippen LogP contribution in [-0.4, -0.2) is 30.3 Å². The Morgan fingerprint density at radius 3 is 2.29 bits per heavy atom. The van der Waals surface area contributed by atoms with Crippen molar-refractivity contribution in [1.82, 2.24) is 10.2 Å². The van der Waals surface area contributed by atoms with Gasteiger partial charge in [0.2, 0.25) is 5.91 Å². The summed E-state index contributed by atoms with van der Waals surface area (Å²) in [5, 5.41) is 5.80. The van der Waals surface area contributed by atoms with E-state index in [9.17, 15) is 14.0 Å². The molecule has 5 nitrogen and oxygen atoms in total. The van der Waals surface area contributed by atoms with Gasteiger partial charge in [-0.15, -0.1) is 0 Å². The summed E-state index contributed by atoms with van der Waals surface area (Å²) in [5.74, 6) is -0.784. The quantitative estimate of drug-likeness (QED) is 0.569. The minimum Gasteiger partial charge on any atom is -0.345 e. The zero-order valence-corrected chi connectivity index (χ0v) is 17.6. The summed E-state index contributed by atoms with van der Waals surface area (Å²) < 4.78 is 13.0. The van der Waals surface area contributed by atoms with Crippen molar-refractivity contribution in [3.63, 3.8) is 0 Å². The Hall–Kier alpha value is -3.51. The first-order chi connectivity index (χ1) is 14.9. The second kappa shape index (κ2) is 10.5. The lowest BCUT2D eigenvalue weighted by Gasteiger charge is -2.18. The topological polar surface area (TPSA) is 61.4 Å². The van der Waals surface area contributed by atoms with E-state index in [1.165, 1.54) is 12.1 Å². The fourth-order valence-corrected chi connectivity index (χ4v) is 3.28. The van der Waals surface area contributed by atoms with E-state index in [0.29, 0.717) is 17.8 Å². The molecule has 0 aromatic heterocycles. The van der Waals surface area contributed by atoms with Gasteiger partial charge in [0, 0.05) is 6.54 Å². The van der Waals surface area contributed by atoms with Crippen LogP contribution in [0.3, 0.4) is 0 Å². The average Bonchev–Trinajstić information content (AvgIpc) is 2.76. The Labute approximate surface area is 181 Å². The highest BCUT2D eigenvalue weighted by Gasteiger charge is 2.16. The lowest BCUT2D eigenvalue weighted by atomic mass is 10.1. The van der Waals surface area contributed by atoms with E-state index in [1.807, 2.05) is 49.2 Å². The molecule has 0 heterocycles. The number of rotatable bonds is 8. The normalized spacial score (nSPS) is 11.7. The Balaban J connectivity index is 1.60. The maximum absolute atomic E-state index is 13.0. The molecule has 3 aromatic carbocycles. The van der Waals surface area contributed by atoms with Crippen LogP contribution in [0, 0.1) is 5.82 Å². The highest BCUT2D eigenvalue weighted by atomic mass is 19.1. The van der Waals surface area contributed by atoms with Crippen LogP contribution in [0.15, 0.2) is 78.9 Å². The molecule has 0 saturated carbocycles. The van der Waals surface area contributed by atoms with Gasteiger partial charge in [-0.3, -0.25) is 14.5 Å². The summed E-state index contributed by atoms with van der Waals surface area (Å²) in [6, 6.07) is 22.6. The van der Waals surface area contributed by atoms with Crippen molar-refractivity contribution in [3.05, 3.63) is 101 Å². The minimum absolute atomic E-state index is 0.133. The summed E-state index contributed by atoms with van der Waals surface area (Å²) in [6.07, 6.45) is 0. The van der Waals surface area contributed by atoms with Gasteiger partial charge in [-0.25, -0.2) is 4.39 Å². The van der Waals surface area contributed by atoms with E-state index >= 15 is 0 Å². The number of likely N-dealkylation sites (N-methyl/N-ethyl adjacent to an activating group) is 1. The summed E-state index contributed by atoms with van der Waals surface area (Å²) in [4.78, 5) is 27.2. The third kappa shape index (κ3) is 6.49. The van der Waals surface area contributed by atoms with Crippen LogP contribution in [0.4, 0.5) is 10.1 Å². The summed E-state index contributed by atoms with van der Waals surface area (Å²) in [6.45, 7) is 2.55. The van der Waals surface area contributed by atoms with E-state index < -0.39 is 0 Å². The Bertz CT molecular complexity index is 1020. The number of hydrogen-bond donors (Lipinski definition) is 2. The second-order valence-electron chi connectivity index (χ2n) is 7.50. The molecule has 0 aliphatic carbocycles. The molecular formula is C25H26FN3O2. The zero-order chi connectivity index (χ0) is 22.2. The molecule has 0 bridgehead atoms. The van der Waals surface area contributed by atoms with E-state index in [0.717, 1.165) is 11.1 Å². The molecule has 31 heavy (non-hydrogen) atoms. The minimum atomic E-state index is -0.291. The molecule has 0 aliphatic rings. The molecule has 0 fully saturated rings. The lowest BCUT2D eigenvalue weighted by Crippen LogP contribution is -2.31. The highest BCUT2D eigenvalue weighted by Crippen LogP contribution is 2.18. The number of benzene rings is 3. The molecule has 1 atom stereocenters. The molecule has 2 N–H and O–H groups in total. The number of amides is 2. The van der Waals surface area contributed by atoms with Gasteiger partial charge in [0.25, 0.3) is 5.91 Å². The third-order valence-corrected chi connectivity index (χ3v) is 4.87. The van der Waals surface area contributed by atoms with E-state index in [1.54, 1.807) is 36.4 Å². The van der Waals surface area contributed by atoms with Crippen LogP contribution >= 0.6 is 0 Å². The number of hydrogen-bond acceptors (Lipinski definition) is 3. The fraction of sp³-hybridized carbons (Fsp3) is 0.200. The maximum Gasteiger partial charge on any atom is 0.253 e.